The van der Waals surface area contributed by atoms with E-state index in [1.54, 1.807) is 13.8 Å². The van der Waals surface area contributed by atoms with Crippen molar-refractivity contribution in [2.45, 2.75) is 40.5 Å². The first kappa shape index (κ1) is 6.28. The first-order valence-electron chi connectivity index (χ1n) is 4.87. The first-order chi connectivity index (χ1) is 5.33. The molecule has 0 aliphatic heterocycles. The molecule has 0 aromatic heterocycles. The predicted octanol–water partition coefficient (Wildman–Crippen LogP) is 3.08. The molecule has 0 aliphatic rings. The monoisotopic (exact) mass is 140 g/mol. The van der Waals surface area contributed by atoms with E-state index in [4.69, 9.17) is 2.74 Å². The third-order valence-electron chi connectivity index (χ3n) is 1.55. The Morgan fingerprint density at radius 3 is 1.60 bits per heavy atom. The lowest BCUT2D eigenvalue weighted by molar-refractivity contribution is 0.698. The van der Waals surface area contributed by atoms with Crippen LogP contribution in [0.5, 0.6) is 0 Å². The van der Waals surface area contributed by atoms with Gasteiger partial charge in [0.05, 0.1) is 0 Å². The van der Waals surface area contributed by atoms with Crippen molar-refractivity contribution in [1.82, 2.24) is 0 Å². The minimum atomic E-state index is -0.683. The SMILES string of the molecule is [2H]C(C)(C#CC([2H])(C)CC)CC. The molecule has 0 aromatic carbocycles. The van der Waals surface area contributed by atoms with Gasteiger partial charge < -0.3 is 0 Å². The van der Waals surface area contributed by atoms with E-state index < -0.39 is 11.8 Å². The molecule has 0 spiro atoms. The van der Waals surface area contributed by atoms with Gasteiger partial charge >= 0.3 is 0 Å². The Hall–Kier alpha value is -0.440. The molecule has 0 bridgehead atoms. The van der Waals surface area contributed by atoms with Gasteiger partial charge in [-0.2, -0.15) is 0 Å². The Labute approximate surface area is 67.8 Å². The summed E-state index contributed by atoms with van der Waals surface area (Å²) < 4.78 is 15.3. The number of hydrogen-bond acceptors (Lipinski definition) is 0. The highest BCUT2D eigenvalue weighted by atomic mass is 14.0. The van der Waals surface area contributed by atoms with Crippen LogP contribution >= 0.6 is 0 Å². The summed E-state index contributed by atoms with van der Waals surface area (Å²) in [4.78, 5) is 0. The van der Waals surface area contributed by atoms with Crippen LogP contribution in [0.25, 0.3) is 0 Å². The Balaban J connectivity index is 4.39. The van der Waals surface area contributed by atoms with Crippen LogP contribution in [0.3, 0.4) is 0 Å². The molecule has 2 atom stereocenters. The summed E-state index contributed by atoms with van der Waals surface area (Å²) in [5, 5.41) is 0. The van der Waals surface area contributed by atoms with Crippen LogP contribution in [-0.2, 0) is 0 Å². The third-order valence-corrected chi connectivity index (χ3v) is 1.55. The first-order valence-corrected chi connectivity index (χ1v) is 3.87. The lowest BCUT2D eigenvalue weighted by atomic mass is 10.1. The molecule has 2 unspecified atom stereocenters. The van der Waals surface area contributed by atoms with Gasteiger partial charge in [0.15, 0.2) is 0 Å². The maximum Gasteiger partial charge on any atom is 0.0436 e. The maximum atomic E-state index is 7.67. The van der Waals surface area contributed by atoms with Crippen molar-refractivity contribution in [3.63, 3.8) is 0 Å². The summed E-state index contributed by atoms with van der Waals surface area (Å²) in [5.41, 5.74) is 0. The Morgan fingerprint density at radius 2 is 1.40 bits per heavy atom. The number of rotatable bonds is 2. The van der Waals surface area contributed by atoms with Crippen molar-refractivity contribution in [3.8, 4) is 11.8 Å². The van der Waals surface area contributed by atoms with Crippen LogP contribution in [0.4, 0.5) is 0 Å². The fourth-order valence-corrected chi connectivity index (χ4v) is 0.390. The van der Waals surface area contributed by atoms with Gasteiger partial charge in [-0.3, -0.25) is 0 Å². The summed E-state index contributed by atoms with van der Waals surface area (Å²) in [5.74, 6) is 4.29. The minimum Gasteiger partial charge on any atom is -0.0999 e. The maximum absolute atomic E-state index is 7.67. The zero-order valence-electron chi connectivity index (χ0n) is 9.41. The van der Waals surface area contributed by atoms with Gasteiger partial charge in [-0.1, -0.05) is 39.5 Å². The quantitative estimate of drug-likeness (QED) is 0.517. The molecule has 0 heterocycles. The van der Waals surface area contributed by atoms with Crippen molar-refractivity contribution < 1.29 is 2.74 Å². The van der Waals surface area contributed by atoms with Crippen molar-refractivity contribution >= 4 is 0 Å². The second kappa shape index (κ2) is 5.35. The highest BCUT2D eigenvalue weighted by molar-refractivity contribution is 5.04. The predicted molar refractivity (Wildman–Crippen MR) is 46.7 cm³/mol. The second-order valence-electron chi connectivity index (χ2n) is 2.52. The zero-order valence-corrected chi connectivity index (χ0v) is 7.41. The molecule has 0 rings (SSSR count). The molecule has 0 saturated carbocycles. The third kappa shape index (κ3) is 4.44. The molecular formula is C10H18. The zero-order chi connectivity index (χ0) is 9.83. The van der Waals surface area contributed by atoms with Gasteiger partial charge in [0.25, 0.3) is 0 Å². The van der Waals surface area contributed by atoms with Gasteiger partial charge in [-0.05, 0) is 12.8 Å². The molecule has 0 aromatic rings. The van der Waals surface area contributed by atoms with E-state index in [0.29, 0.717) is 12.8 Å². The fourth-order valence-electron chi connectivity index (χ4n) is 0.390. The molecule has 0 nitrogen and oxygen atoms in total. The van der Waals surface area contributed by atoms with Crippen LogP contribution in [0.2, 0.25) is 0 Å². The smallest absolute Gasteiger partial charge is 0.0436 e. The van der Waals surface area contributed by atoms with Crippen LogP contribution < -0.4 is 0 Å². The average Bonchev–Trinajstić information content (AvgIpc) is 2.02. The Morgan fingerprint density at radius 1 is 1.10 bits per heavy atom. The van der Waals surface area contributed by atoms with Gasteiger partial charge in [0, 0.05) is 14.5 Å². The second-order valence-corrected chi connectivity index (χ2v) is 2.52. The molecule has 10 heavy (non-hydrogen) atoms. The lowest BCUT2D eigenvalue weighted by Gasteiger charge is -1.98. The van der Waals surface area contributed by atoms with Crippen molar-refractivity contribution in [3.05, 3.63) is 0 Å². The summed E-state index contributed by atoms with van der Waals surface area (Å²) in [6.07, 6.45) is 1.42. The Bertz CT molecular complexity index is 174. The fraction of sp³-hybridized carbons (Fsp3) is 0.800. The molecular weight excluding hydrogens is 120 g/mol. The van der Waals surface area contributed by atoms with E-state index in [2.05, 4.69) is 11.8 Å². The average molecular weight is 140 g/mol. The number of hydrogen-bond donors (Lipinski definition) is 0. The largest absolute Gasteiger partial charge is 0.0999 e. The molecule has 58 valence electrons. The topological polar surface area (TPSA) is 0 Å². The molecule has 0 amide bonds. The van der Waals surface area contributed by atoms with Gasteiger partial charge in [0.2, 0.25) is 0 Å². The van der Waals surface area contributed by atoms with Crippen LogP contribution in [0.15, 0.2) is 0 Å². The van der Waals surface area contributed by atoms with E-state index in [0.717, 1.165) is 0 Å². The van der Waals surface area contributed by atoms with Gasteiger partial charge in [0.1, 0.15) is 0 Å². The summed E-state index contributed by atoms with van der Waals surface area (Å²) in [6, 6.07) is 0. The summed E-state index contributed by atoms with van der Waals surface area (Å²) >= 11 is 0. The van der Waals surface area contributed by atoms with Crippen molar-refractivity contribution in [2.75, 3.05) is 0 Å². The molecule has 0 saturated heterocycles. The van der Waals surface area contributed by atoms with E-state index >= 15 is 0 Å². The van der Waals surface area contributed by atoms with Crippen LogP contribution in [0.1, 0.15) is 43.3 Å². The molecule has 0 fully saturated rings. The summed E-state index contributed by atoms with van der Waals surface area (Å²) in [7, 11) is 0. The van der Waals surface area contributed by atoms with Crippen LogP contribution in [-0.4, -0.2) is 0 Å². The minimum absolute atomic E-state index is 0.683. The highest BCUT2D eigenvalue weighted by Gasteiger charge is 1.92. The van der Waals surface area contributed by atoms with Crippen LogP contribution in [0, 0.1) is 23.6 Å². The molecule has 0 heteroatoms. The summed E-state index contributed by atoms with van der Waals surface area (Å²) in [6.45, 7) is 7.45. The molecule has 0 aliphatic carbocycles. The highest BCUT2D eigenvalue weighted by Crippen LogP contribution is 2.01. The lowest BCUT2D eigenvalue weighted by Crippen LogP contribution is -1.89. The van der Waals surface area contributed by atoms with Gasteiger partial charge in [-0.25, -0.2) is 0 Å². The van der Waals surface area contributed by atoms with E-state index in [1.165, 1.54) is 0 Å². The standard InChI is InChI=1S/C10H18/c1-5-9(3)7-8-10(4)6-2/h9-10H,5-6H2,1-4H3/i9D,10D. The van der Waals surface area contributed by atoms with E-state index in [1.807, 2.05) is 13.8 Å². The van der Waals surface area contributed by atoms with E-state index in [-0.39, 0.29) is 0 Å². The van der Waals surface area contributed by atoms with Gasteiger partial charge in [-0.15, -0.1) is 0 Å². The van der Waals surface area contributed by atoms with E-state index in [9.17, 15) is 0 Å². The molecule has 0 N–H and O–H groups in total. The normalized spacial score (nSPS) is 24.4. The van der Waals surface area contributed by atoms with Crippen molar-refractivity contribution in [2.24, 2.45) is 11.8 Å². The molecule has 0 radical (unpaired) electrons. The Kier molecular flexibility index (Phi) is 3.36. The van der Waals surface area contributed by atoms with Crippen molar-refractivity contribution in [1.29, 1.82) is 0 Å².